The Morgan fingerprint density at radius 2 is 0.684 bits per heavy atom. The minimum Gasteiger partial charge on any atom is -0.267 e. The van der Waals surface area contributed by atoms with Gasteiger partial charge in [-0.05, 0) is 48.5 Å². The quantitative estimate of drug-likeness (QED) is 0.371. The fourth-order valence-electron chi connectivity index (χ4n) is 3.64. The average Bonchev–Trinajstić information content (AvgIpc) is 2.99. The summed E-state index contributed by atoms with van der Waals surface area (Å²) in [6.45, 7) is -0.195. The molecule has 4 rings (SSSR count). The predicted molar refractivity (Wildman–Crippen MR) is 143 cm³/mol. The van der Waals surface area contributed by atoms with Crippen LogP contribution < -0.4 is 10.9 Å². The monoisotopic (exact) mass is 506 g/mol. The lowest BCUT2D eigenvalue weighted by Crippen LogP contribution is -2.53. The Bertz CT molecular complexity index is 1270. The Labute approximate surface area is 220 Å². The minimum absolute atomic E-state index is 0.0973. The van der Waals surface area contributed by atoms with Crippen LogP contribution in [-0.2, 0) is 0 Å². The molecule has 0 fully saturated rings. The first-order valence-electron chi connectivity index (χ1n) is 12.0. The number of benzene rings is 4. The zero-order chi connectivity index (χ0) is 26.7. The molecule has 0 heterocycles. The van der Waals surface area contributed by atoms with Crippen LogP contribution in [0.15, 0.2) is 121 Å². The lowest BCUT2D eigenvalue weighted by atomic mass is 10.2. The second-order valence-corrected chi connectivity index (χ2v) is 8.26. The van der Waals surface area contributed by atoms with Gasteiger partial charge < -0.3 is 0 Å². The van der Waals surface area contributed by atoms with Gasteiger partial charge in [0.15, 0.2) is 0 Å². The SMILES string of the molecule is O=C(NN(CCN(NC(=O)c1ccccc1)C(=O)c1ccccc1)C(=O)c1ccccc1)c1ccccc1. The van der Waals surface area contributed by atoms with Gasteiger partial charge in [-0.2, -0.15) is 0 Å². The molecule has 4 aromatic carbocycles. The van der Waals surface area contributed by atoms with Gasteiger partial charge in [-0.1, -0.05) is 72.8 Å². The molecule has 0 aliphatic heterocycles. The number of rotatable bonds is 7. The van der Waals surface area contributed by atoms with Gasteiger partial charge in [0.2, 0.25) is 0 Å². The van der Waals surface area contributed by atoms with Gasteiger partial charge in [-0.25, -0.2) is 10.0 Å². The summed E-state index contributed by atoms with van der Waals surface area (Å²) in [5.74, 6) is -1.89. The van der Waals surface area contributed by atoms with E-state index < -0.39 is 23.6 Å². The topological polar surface area (TPSA) is 98.8 Å². The van der Waals surface area contributed by atoms with Crippen molar-refractivity contribution in [1.82, 2.24) is 20.9 Å². The second-order valence-electron chi connectivity index (χ2n) is 8.26. The minimum atomic E-state index is -0.482. The van der Waals surface area contributed by atoms with Crippen molar-refractivity contribution in [3.05, 3.63) is 144 Å². The van der Waals surface area contributed by atoms with Crippen LogP contribution in [0.25, 0.3) is 0 Å². The first-order valence-corrected chi connectivity index (χ1v) is 12.0. The molecule has 4 aromatic rings. The smallest absolute Gasteiger partial charge is 0.267 e. The van der Waals surface area contributed by atoms with Crippen molar-refractivity contribution >= 4 is 23.6 Å². The molecule has 0 unspecified atom stereocenters. The normalized spacial score (nSPS) is 10.2. The molecular formula is C30H26N4O4. The molecule has 0 spiro atoms. The third kappa shape index (κ3) is 6.70. The van der Waals surface area contributed by atoms with E-state index in [2.05, 4.69) is 10.9 Å². The van der Waals surface area contributed by atoms with Gasteiger partial charge in [0.05, 0.1) is 13.1 Å². The van der Waals surface area contributed by atoms with Crippen molar-refractivity contribution in [3.63, 3.8) is 0 Å². The van der Waals surface area contributed by atoms with Gasteiger partial charge in [-0.3, -0.25) is 30.0 Å². The Morgan fingerprint density at radius 3 is 0.974 bits per heavy atom. The summed E-state index contributed by atoms with van der Waals surface area (Å²) < 4.78 is 0. The number of nitrogens with zero attached hydrogens (tertiary/aromatic N) is 2. The maximum atomic E-state index is 13.3. The Kier molecular flexibility index (Phi) is 8.60. The molecule has 0 aromatic heterocycles. The van der Waals surface area contributed by atoms with E-state index in [1.807, 2.05) is 0 Å². The van der Waals surface area contributed by atoms with E-state index in [0.717, 1.165) is 10.0 Å². The summed E-state index contributed by atoms with van der Waals surface area (Å²) in [6.07, 6.45) is 0. The first kappa shape index (κ1) is 25.8. The van der Waals surface area contributed by atoms with Crippen molar-refractivity contribution in [2.75, 3.05) is 13.1 Å². The Morgan fingerprint density at radius 1 is 0.421 bits per heavy atom. The maximum Gasteiger partial charge on any atom is 0.272 e. The van der Waals surface area contributed by atoms with Crippen LogP contribution in [-0.4, -0.2) is 46.7 Å². The van der Waals surface area contributed by atoms with Gasteiger partial charge in [0.25, 0.3) is 23.6 Å². The maximum absolute atomic E-state index is 13.3. The van der Waals surface area contributed by atoms with E-state index >= 15 is 0 Å². The van der Waals surface area contributed by atoms with Crippen LogP contribution in [0.1, 0.15) is 41.4 Å². The molecule has 0 aliphatic carbocycles. The van der Waals surface area contributed by atoms with Gasteiger partial charge in [-0.15, -0.1) is 0 Å². The third-order valence-electron chi connectivity index (χ3n) is 5.62. The molecule has 0 aliphatic rings. The molecule has 2 N–H and O–H groups in total. The second kappa shape index (κ2) is 12.6. The highest BCUT2D eigenvalue weighted by Crippen LogP contribution is 2.08. The summed E-state index contributed by atoms with van der Waals surface area (Å²) in [6, 6.07) is 33.9. The lowest BCUT2D eigenvalue weighted by Gasteiger charge is -2.28. The molecule has 0 radical (unpaired) electrons. The molecule has 4 amide bonds. The highest BCUT2D eigenvalue weighted by atomic mass is 16.2. The molecule has 0 atom stereocenters. The van der Waals surface area contributed by atoms with Crippen LogP contribution in [0.4, 0.5) is 0 Å². The van der Waals surface area contributed by atoms with E-state index in [4.69, 9.17) is 0 Å². The van der Waals surface area contributed by atoms with Crippen molar-refractivity contribution in [2.45, 2.75) is 0 Å². The molecule has 38 heavy (non-hydrogen) atoms. The highest BCUT2D eigenvalue weighted by Gasteiger charge is 2.24. The van der Waals surface area contributed by atoms with Crippen LogP contribution >= 0.6 is 0 Å². The fraction of sp³-hybridized carbons (Fsp3) is 0.0667. The number of hydrazine groups is 2. The number of nitrogens with one attached hydrogen (secondary N) is 2. The Hall–Kier alpha value is -5.24. The van der Waals surface area contributed by atoms with Gasteiger partial charge in [0, 0.05) is 22.3 Å². The van der Waals surface area contributed by atoms with Gasteiger partial charge in [0.1, 0.15) is 0 Å². The number of hydrogen-bond acceptors (Lipinski definition) is 4. The summed E-state index contributed by atoms with van der Waals surface area (Å²) in [5.41, 5.74) is 6.74. The van der Waals surface area contributed by atoms with E-state index in [1.54, 1.807) is 121 Å². The molecule has 0 saturated heterocycles. The average molecular weight is 507 g/mol. The zero-order valence-corrected chi connectivity index (χ0v) is 20.5. The van der Waals surface area contributed by atoms with Crippen LogP contribution in [0.5, 0.6) is 0 Å². The highest BCUT2D eigenvalue weighted by molar-refractivity contribution is 6.00. The molecule has 0 bridgehead atoms. The first-order chi connectivity index (χ1) is 18.5. The number of carbonyl (C=O) groups is 4. The third-order valence-corrected chi connectivity index (χ3v) is 5.62. The molecular weight excluding hydrogens is 480 g/mol. The van der Waals surface area contributed by atoms with Crippen molar-refractivity contribution in [2.24, 2.45) is 0 Å². The van der Waals surface area contributed by atoms with E-state index in [0.29, 0.717) is 22.3 Å². The molecule has 0 saturated carbocycles. The summed E-state index contributed by atoms with van der Waals surface area (Å²) >= 11 is 0. The van der Waals surface area contributed by atoms with E-state index in [1.165, 1.54) is 0 Å². The summed E-state index contributed by atoms with van der Waals surface area (Å²) in [4.78, 5) is 52.5. The Balaban J connectivity index is 1.57. The molecule has 8 heteroatoms. The van der Waals surface area contributed by atoms with Crippen LogP contribution in [0.3, 0.4) is 0 Å². The predicted octanol–water partition coefficient (Wildman–Crippen LogP) is 3.96. The number of amides is 4. The largest absolute Gasteiger partial charge is 0.272 e. The summed E-state index contributed by atoms with van der Waals surface area (Å²) in [7, 11) is 0. The van der Waals surface area contributed by atoms with Crippen LogP contribution in [0, 0.1) is 0 Å². The van der Waals surface area contributed by atoms with E-state index in [-0.39, 0.29) is 13.1 Å². The number of carbonyl (C=O) groups excluding carboxylic acids is 4. The standard InChI is InChI=1S/C30H26N4O4/c35-27(23-13-5-1-6-14-23)31-33(29(37)25-17-9-3-10-18-25)21-22-34(30(38)26-19-11-4-12-20-26)32-28(36)24-15-7-2-8-16-24/h1-20H,21-22H2,(H,31,35)(H,32,36). The number of hydrogen-bond donors (Lipinski definition) is 2. The summed E-state index contributed by atoms with van der Waals surface area (Å²) in [5, 5.41) is 2.29. The molecule has 190 valence electrons. The van der Waals surface area contributed by atoms with Crippen molar-refractivity contribution in [1.29, 1.82) is 0 Å². The van der Waals surface area contributed by atoms with Crippen molar-refractivity contribution in [3.8, 4) is 0 Å². The van der Waals surface area contributed by atoms with Crippen LogP contribution in [0.2, 0.25) is 0 Å². The van der Waals surface area contributed by atoms with Gasteiger partial charge >= 0.3 is 0 Å². The fourth-order valence-corrected chi connectivity index (χ4v) is 3.64. The lowest BCUT2D eigenvalue weighted by molar-refractivity contribution is 0.0466. The van der Waals surface area contributed by atoms with Crippen molar-refractivity contribution < 1.29 is 19.2 Å². The zero-order valence-electron chi connectivity index (χ0n) is 20.5. The molecule has 8 nitrogen and oxygen atoms in total. The van der Waals surface area contributed by atoms with E-state index in [9.17, 15) is 19.2 Å².